The van der Waals surface area contributed by atoms with E-state index in [9.17, 15) is 5.11 Å². The van der Waals surface area contributed by atoms with Crippen molar-refractivity contribution in [2.45, 2.75) is 51.2 Å². The van der Waals surface area contributed by atoms with Crippen molar-refractivity contribution in [3.63, 3.8) is 0 Å². The quantitative estimate of drug-likeness (QED) is 0.902. The molecule has 1 aliphatic carbocycles. The number of nitrogens with zero attached hydrogens (tertiary/aromatic N) is 2. The van der Waals surface area contributed by atoms with Gasteiger partial charge in [0.2, 0.25) is 0 Å². The highest BCUT2D eigenvalue weighted by Crippen LogP contribution is 2.43. The van der Waals surface area contributed by atoms with Gasteiger partial charge in [0.1, 0.15) is 5.60 Å². The van der Waals surface area contributed by atoms with Gasteiger partial charge in [-0.05, 0) is 41.1 Å². The number of methoxy groups -OCH3 is 1. The van der Waals surface area contributed by atoms with Crippen molar-refractivity contribution in [1.29, 1.82) is 0 Å². The molecule has 1 heterocycles. The van der Waals surface area contributed by atoms with Gasteiger partial charge in [-0.1, -0.05) is 19.8 Å². The maximum atomic E-state index is 11.1. The lowest BCUT2D eigenvalue weighted by molar-refractivity contribution is -0.0303. The van der Waals surface area contributed by atoms with E-state index in [0.29, 0.717) is 19.1 Å². The molecule has 0 bridgehead atoms. The third-order valence-electron chi connectivity index (χ3n) is 4.15. The predicted octanol–water partition coefficient (Wildman–Crippen LogP) is 3.08. The molecule has 0 aliphatic heterocycles. The first-order chi connectivity index (χ1) is 9.10. The van der Waals surface area contributed by atoms with Crippen molar-refractivity contribution < 1.29 is 9.84 Å². The Morgan fingerprint density at radius 3 is 3.11 bits per heavy atom. The van der Waals surface area contributed by atoms with Crippen LogP contribution in [0.5, 0.6) is 0 Å². The molecule has 2 atom stereocenters. The minimum absolute atomic E-state index is 0.606. The molecule has 1 saturated carbocycles. The van der Waals surface area contributed by atoms with Crippen molar-refractivity contribution in [3.05, 3.63) is 16.4 Å². The third-order valence-corrected chi connectivity index (χ3v) is 4.73. The Morgan fingerprint density at radius 1 is 1.63 bits per heavy atom. The minimum Gasteiger partial charge on any atom is -0.384 e. The molecular formula is C14H23BrN2O2. The standard InChI is InChI=1S/C14H23BrN2O2/c1-3-11-5-4-6-14(18,9-11)13-12(15)10-16-17(13)7-8-19-2/h10-11,18H,3-9H2,1-2H3. The summed E-state index contributed by atoms with van der Waals surface area (Å²) in [5, 5.41) is 15.4. The fraction of sp³-hybridized carbons (Fsp3) is 0.786. The minimum atomic E-state index is -0.748. The molecule has 0 radical (unpaired) electrons. The molecule has 4 nitrogen and oxygen atoms in total. The molecular weight excluding hydrogens is 308 g/mol. The van der Waals surface area contributed by atoms with Crippen LogP contribution in [0, 0.1) is 5.92 Å². The summed E-state index contributed by atoms with van der Waals surface area (Å²) in [6.07, 6.45) is 6.87. The van der Waals surface area contributed by atoms with E-state index < -0.39 is 5.60 Å². The van der Waals surface area contributed by atoms with Crippen LogP contribution in [0.2, 0.25) is 0 Å². The molecule has 2 unspecified atom stereocenters. The highest BCUT2D eigenvalue weighted by atomic mass is 79.9. The molecule has 1 aromatic rings. The van der Waals surface area contributed by atoms with Gasteiger partial charge in [0, 0.05) is 7.11 Å². The molecule has 0 amide bonds. The van der Waals surface area contributed by atoms with Crippen molar-refractivity contribution in [3.8, 4) is 0 Å². The lowest BCUT2D eigenvalue weighted by atomic mass is 9.75. The van der Waals surface area contributed by atoms with Crippen molar-refractivity contribution in [2.75, 3.05) is 13.7 Å². The number of halogens is 1. The SMILES string of the molecule is CCC1CCCC(O)(c2c(Br)cnn2CCOC)C1. The monoisotopic (exact) mass is 330 g/mol. The predicted molar refractivity (Wildman–Crippen MR) is 77.9 cm³/mol. The molecule has 1 fully saturated rings. The molecule has 108 valence electrons. The van der Waals surface area contributed by atoms with E-state index in [0.717, 1.165) is 35.8 Å². The first kappa shape index (κ1) is 15.0. The summed E-state index contributed by atoms with van der Waals surface area (Å²) in [5.74, 6) is 0.608. The van der Waals surface area contributed by atoms with Crippen LogP contribution in [0.25, 0.3) is 0 Å². The van der Waals surface area contributed by atoms with E-state index >= 15 is 0 Å². The molecule has 19 heavy (non-hydrogen) atoms. The summed E-state index contributed by atoms with van der Waals surface area (Å²) in [6.45, 7) is 3.48. The van der Waals surface area contributed by atoms with Gasteiger partial charge in [0.05, 0.1) is 29.5 Å². The largest absolute Gasteiger partial charge is 0.384 e. The van der Waals surface area contributed by atoms with Gasteiger partial charge in [-0.2, -0.15) is 5.10 Å². The lowest BCUT2D eigenvalue weighted by Gasteiger charge is -2.37. The number of aromatic nitrogens is 2. The smallest absolute Gasteiger partial charge is 0.108 e. The molecule has 5 heteroatoms. The number of aliphatic hydroxyl groups is 1. The molecule has 0 saturated heterocycles. The van der Waals surface area contributed by atoms with Gasteiger partial charge in [-0.3, -0.25) is 4.68 Å². The molecule has 2 rings (SSSR count). The second kappa shape index (κ2) is 6.37. The normalized spacial score (nSPS) is 27.7. The van der Waals surface area contributed by atoms with E-state index in [1.54, 1.807) is 13.3 Å². The Kier molecular flexibility index (Phi) is 5.03. The maximum Gasteiger partial charge on any atom is 0.108 e. The second-order valence-electron chi connectivity index (χ2n) is 5.46. The van der Waals surface area contributed by atoms with E-state index in [4.69, 9.17) is 4.74 Å². The summed E-state index contributed by atoms with van der Waals surface area (Å²) in [6, 6.07) is 0. The van der Waals surface area contributed by atoms with E-state index in [-0.39, 0.29) is 0 Å². The third kappa shape index (κ3) is 3.20. The zero-order valence-electron chi connectivity index (χ0n) is 11.7. The summed E-state index contributed by atoms with van der Waals surface area (Å²) in [4.78, 5) is 0. The zero-order chi connectivity index (χ0) is 13.9. The molecule has 0 aromatic carbocycles. The Labute approximate surface area is 123 Å². The van der Waals surface area contributed by atoms with E-state index in [1.807, 2.05) is 4.68 Å². The highest BCUT2D eigenvalue weighted by molar-refractivity contribution is 9.10. The fourth-order valence-electron chi connectivity index (χ4n) is 3.10. The summed E-state index contributed by atoms with van der Waals surface area (Å²) in [7, 11) is 1.68. The summed E-state index contributed by atoms with van der Waals surface area (Å²) in [5.41, 5.74) is 0.171. The van der Waals surface area contributed by atoms with Crippen LogP contribution in [0.3, 0.4) is 0 Å². The number of ether oxygens (including phenoxy) is 1. The van der Waals surface area contributed by atoms with Crippen LogP contribution in [-0.2, 0) is 16.9 Å². The Hall–Kier alpha value is -0.390. The van der Waals surface area contributed by atoms with Gasteiger partial charge in [0.25, 0.3) is 0 Å². The van der Waals surface area contributed by atoms with Crippen LogP contribution in [0.4, 0.5) is 0 Å². The van der Waals surface area contributed by atoms with Gasteiger partial charge >= 0.3 is 0 Å². The average molecular weight is 331 g/mol. The summed E-state index contributed by atoms with van der Waals surface area (Å²) >= 11 is 3.54. The zero-order valence-corrected chi connectivity index (χ0v) is 13.3. The molecule has 0 spiro atoms. The number of rotatable bonds is 5. The molecule has 1 aromatic heterocycles. The van der Waals surface area contributed by atoms with Gasteiger partial charge in [0.15, 0.2) is 0 Å². The van der Waals surface area contributed by atoms with Gasteiger partial charge in [-0.15, -0.1) is 0 Å². The van der Waals surface area contributed by atoms with Crippen molar-refractivity contribution in [2.24, 2.45) is 5.92 Å². The van der Waals surface area contributed by atoms with Crippen LogP contribution < -0.4 is 0 Å². The average Bonchev–Trinajstić information content (AvgIpc) is 2.78. The van der Waals surface area contributed by atoms with Crippen molar-refractivity contribution >= 4 is 15.9 Å². The van der Waals surface area contributed by atoms with Gasteiger partial charge < -0.3 is 9.84 Å². The lowest BCUT2D eigenvalue weighted by Crippen LogP contribution is -2.35. The number of hydrogen-bond donors (Lipinski definition) is 1. The first-order valence-corrected chi connectivity index (χ1v) is 7.83. The first-order valence-electron chi connectivity index (χ1n) is 7.04. The molecule has 1 N–H and O–H groups in total. The Balaban J connectivity index is 2.25. The Bertz CT molecular complexity index is 422. The van der Waals surface area contributed by atoms with Crippen LogP contribution >= 0.6 is 15.9 Å². The highest BCUT2D eigenvalue weighted by Gasteiger charge is 2.39. The number of hydrogen-bond acceptors (Lipinski definition) is 3. The van der Waals surface area contributed by atoms with Crippen LogP contribution in [0.15, 0.2) is 10.7 Å². The second-order valence-corrected chi connectivity index (χ2v) is 6.31. The van der Waals surface area contributed by atoms with E-state index in [1.165, 1.54) is 6.42 Å². The Morgan fingerprint density at radius 2 is 2.42 bits per heavy atom. The molecule has 1 aliphatic rings. The van der Waals surface area contributed by atoms with E-state index in [2.05, 4.69) is 28.0 Å². The van der Waals surface area contributed by atoms with Crippen molar-refractivity contribution in [1.82, 2.24) is 9.78 Å². The van der Waals surface area contributed by atoms with Crippen LogP contribution in [0.1, 0.15) is 44.7 Å². The fourth-order valence-corrected chi connectivity index (χ4v) is 3.77. The van der Waals surface area contributed by atoms with Gasteiger partial charge in [-0.25, -0.2) is 0 Å². The summed E-state index contributed by atoms with van der Waals surface area (Å²) < 4.78 is 7.90. The maximum absolute atomic E-state index is 11.1. The van der Waals surface area contributed by atoms with Crippen LogP contribution in [-0.4, -0.2) is 28.6 Å². The topological polar surface area (TPSA) is 47.3 Å².